The number of carbonyl (C=O) groups is 1. The molecule has 1 heterocycles. The van der Waals surface area contributed by atoms with Gasteiger partial charge in [0.25, 0.3) is 11.2 Å². The van der Waals surface area contributed by atoms with Crippen molar-refractivity contribution in [3.05, 3.63) is 85.8 Å². The quantitative estimate of drug-likeness (QED) is 0.267. The molecule has 0 aliphatic heterocycles. The van der Waals surface area contributed by atoms with Crippen molar-refractivity contribution in [1.29, 1.82) is 0 Å². The fourth-order valence-corrected chi connectivity index (χ4v) is 3.23. The monoisotopic (exact) mass is 422 g/mol. The van der Waals surface area contributed by atoms with E-state index in [1.54, 1.807) is 31.2 Å². The highest BCUT2D eigenvalue weighted by Crippen LogP contribution is 2.18. The van der Waals surface area contributed by atoms with Gasteiger partial charge in [0.05, 0.1) is 40.2 Å². The summed E-state index contributed by atoms with van der Waals surface area (Å²) in [5, 5.41) is 14.0. The van der Waals surface area contributed by atoms with E-state index in [2.05, 4.69) is 14.8 Å². The van der Waals surface area contributed by atoms with Crippen LogP contribution >= 0.6 is 0 Å². The molecule has 31 heavy (non-hydrogen) atoms. The molecule has 0 aliphatic rings. The Morgan fingerprint density at radius 2 is 1.81 bits per heavy atom. The highest BCUT2D eigenvalue weighted by molar-refractivity contribution is 6.01. The van der Waals surface area contributed by atoms with Crippen LogP contribution in [0.4, 0.5) is 11.4 Å². The van der Waals surface area contributed by atoms with Gasteiger partial charge in [-0.05, 0) is 49.7 Å². The summed E-state index contributed by atoms with van der Waals surface area (Å²) < 4.78 is 6.05. The fraction of sp³-hybridized carbons (Fsp3) is 0.227. The predicted molar refractivity (Wildman–Crippen MR) is 117 cm³/mol. The number of aryl methyl sites for hydroxylation is 1. The standard InChI is InChI=1S/C22H22N4O5/c1-4-5-19-20(14(2)23-16-8-6-15(7-9-16)22(28)31-3)21(27)25(24-19)17-10-12-18(13-11-17)26(29)30/h6-13,24H,4-5H2,1-3H3. The Morgan fingerprint density at radius 1 is 1.16 bits per heavy atom. The number of hydrogen-bond donors (Lipinski definition) is 1. The normalized spacial score (nSPS) is 11.4. The second kappa shape index (κ2) is 9.21. The van der Waals surface area contributed by atoms with Crippen LogP contribution in [0.25, 0.3) is 5.69 Å². The first-order chi connectivity index (χ1) is 14.8. The molecule has 1 N–H and O–H groups in total. The minimum Gasteiger partial charge on any atom is -0.465 e. The van der Waals surface area contributed by atoms with Crippen LogP contribution in [-0.2, 0) is 11.2 Å². The molecular formula is C22H22N4O5. The van der Waals surface area contributed by atoms with Gasteiger partial charge in [0.1, 0.15) is 0 Å². The molecule has 0 saturated heterocycles. The number of rotatable bonds is 7. The van der Waals surface area contributed by atoms with Crippen LogP contribution in [0.1, 0.15) is 41.9 Å². The van der Waals surface area contributed by atoms with Gasteiger partial charge in [0, 0.05) is 17.8 Å². The summed E-state index contributed by atoms with van der Waals surface area (Å²) in [7, 11) is 1.32. The van der Waals surface area contributed by atoms with Crippen LogP contribution in [0.5, 0.6) is 0 Å². The largest absolute Gasteiger partial charge is 0.465 e. The number of hydrogen-bond acceptors (Lipinski definition) is 6. The van der Waals surface area contributed by atoms with Crippen molar-refractivity contribution in [2.24, 2.45) is 4.99 Å². The summed E-state index contributed by atoms with van der Waals surface area (Å²) in [5.41, 5.74) is 2.87. The van der Waals surface area contributed by atoms with E-state index in [9.17, 15) is 19.7 Å². The maximum Gasteiger partial charge on any atom is 0.337 e. The van der Waals surface area contributed by atoms with Crippen LogP contribution in [0.3, 0.4) is 0 Å². The molecule has 160 valence electrons. The number of esters is 1. The molecule has 0 atom stereocenters. The average Bonchev–Trinajstić information content (AvgIpc) is 3.10. The second-order valence-electron chi connectivity index (χ2n) is 6.87. The number of aromatic amines is 1. The van der Waals surface area contributed by atoms with Gasteiger partial charge in [-0.3, -0.25) is 25.0 Å². The highest BCUT2D eigenvalue weighted by atomic mass is 16.6. The van der Waals surface area contributed by atoms with Crippen molar-refractivity contribution in [1.82, 2.24) is 9.78 Å². The summed E-state index contributed by atoms with van der Waals surface area (Å²) in [6.07, 6.45) is 1.45. The summed E-state index contributed by atoms with van der Waals surface area (Å²) >= 11 is 0. The maximum atomic E-state index is 13.2. The lowest BCUT2D eigenvalue weighted by Crippen LogP contribution is -2.19. The highest BCUT2D eigenvalue weighted by Gasteiger charge is 2.18. The molecule has 0 saturated carbocycles. The van der Waals surface area contributed by atoms with Crippen LogP contribution in [0, 0.1) is 10.1 Å². The molecule has 0 amide bonds. The van der Waals surface area contributed by atoms with Gasteiger partial charge in [-0.1, -0.05) is 13.3 Å². The zero-order valence-electron chi connectivity index (χ0n) is 17.4. The Balaban J connectivity index is 2.01. The Kier molecular flexibility index (Phi) is 6.44. The number of H-pyrrole nitrogens is 1. The number of benzene rings is 2. The third kappa shape index (κ3) is 4.61. The van der Waals surface area contributed by atoms with E-state index in [1.807, 2.05) is 6.92 Å². The lowest BCUT2D eigenvalue weighted by molar-refractivity contribution is -0.384. The minimum absolute atomic E-state index is 0.0505. The Morgan fingerprint density at radius 3 is 2.35 bits per heavy atom. The molecule has 9 nitrogen and oxygen atoms in total. The molecule has 0 aliphatic carbocycles. The Labute approximate surface area is 178 Å². The van der Waals surface area contributed by atoms with Gasteiger partial charge in [-0.15, -0.1) is 0 Å². The zero-order valence-corrected chi connectivity index (χ0v) is 17.4. The van der Waals surface area contributed by atoms with Gasteiger partial charge in [-0.25, -0.2) is 9.48 Å². The van der Waals surface area contributed by atoms with E-state index >= 15 is 0 Å². The van der Waals surface area contributed by atoms with Gasteiger partial charge >= 0.3 is 5.97 Å². The maximum absolute atomic E-state index is 13.2. The Hall–Kier alpha value is -4.01. The van der Waals surface area contributed by atoms with E-state index in [0.717, 1.165) is 12.1 Å². The number of aliphatic imine (C=N–C) groups is 1. The third-order valence-corrected chi connectivity index (χ3v) is 4.73. The molecule has 0 unspecified atom stereocenters. The SMILES string of the molecule is CCCc1[nH]n(-c2ccc([N+](=O)[O-])cc2)c(=O)c1C(C)=Nc1ccc(C(=O)OC)cc1. The molecule has 2 aromatic carbocycles. The van der Waals surface area contributed by atoms with E-state index in [0.29, 0.717) is 34.6 Å². The fourth-order valence-electron chi connectivity index (χ4n) is 3.23. The molecule has 3 rings (SSSR count). The molecule has 9 heteroatoms. The van der Waals surface area contributed by atoms with Crippen molar-refractivity contribution in [3.8, 4) is 5.69 Å². The van der Waals surface area contributed by atoms with E-state index in [1.165, 1.54) is 36.1 Å². The zero-order chi connectivity index (χ0) is 22.5. The van der Waals surface area contributed by atoms with Gasteiger partial charge in [-0.2, -0.15) is 0 Å². The van der Waals surface area contributed by atoms with E-state index in [-0.39, 0.29) is 11.2 Å². The van der Waals surface area contributed by atoms with E-state index < -0.39 is 10.9 Å². The number of nitrogens with one attached hydrogen (secondary N) is 1. The molecular weight excluding hydrogens is 400 g/mol. The van der Waals surface area contributed by atoms with Crippen molar-refractivity contribution in [2.75, 3.05) is 7.11 Å². The molecule has 1 aromatic heterocycles. The number of nitro benzene ring substituents is 1. The van der Waals surface area contributed by atoms with Crippen molar-refractivity contribution in [3.63, 3.8) is 0 Å². The first kappa shape index (κ1) is 21.7. The lowest BCUT2D eigenvalue weighted by atomic mass is 10.1. The van der Waals surface area contributed by atoms with Crippen LogP contribution in [0.2, 0.25) is 0 Å². The number of non-ortho nitro benzene ring substituents is 1. The number of methoxy groups -OCH3 is 1. The number of ether oxygens (including phenoxy) is 1. The summed E-state index contributed by atoms with van der Waals surface area (Å²) in [5.74, 6) is -0.436. The van der Waals surface area contributed by atoms with Crippen LogP contribution in [0.15, 0.2) is 58.3 Å². The van der Waals surface area contributed by atoms with Crippen LogP contribution < -0.4 is 5.56 Å². The second-order valence-corrected chi connectivity index (χ2v) is 6.87. The molecule has 0 fully saturated rings. The van der Waals surface area contributed by atoms with Gasteiger partial charge in [0.15, 0.2) is 0 Å². The number of carbonyl (C=O) groups excluding carboxylic acids is 1. The van der Waals surface area contributed by atoms with Gasteiger partial charge < -0.3 is 4.74 Å². The summed E-state index contributed by atoms with van der Waals surface area (Å²) in [6, 6.07) is 12.3. The third-order valence-electron chi connectivity index (χ3n) is 4.73. The number of nitrogens with zero attached hydrogens (tertiary/aromatic N) is 3. The Bertz CT molecular complexity index is 1190. The first-order valence-electron chi connectivity index (χ1n) is 9.68. The average molecular weight is 422 g/mol. The summed E-state index contributed by atoms with van der Waals surface area (Å²) in [4.78, 5) is 39.7. The van der Waals surface area contributed by atoms with Crippen molar-refractivity contribution < 1.29 is 14.5 Å². The molecule has 0 spiro atoms. The smallest absolute Gasteiger partial charge is 0.337 e. The predicted octanol–water partition coefficient (Wildman–Crippen LogP) is 3.95. The van der Waals surface area contributed by atoms with Crippen LogP contribution in [-0.4, -0.2) is 33.5 Å². The van der Waals surface area contributed by atoms with Crippen molar-refractivity contribution >= 4 is 23.1 Å². The molecule has 0 bridgehead atoms. The topological polar surface area (TPSA) is 120 Å². The summed E-state index contributed by atoms with van der Waals surface area (Å²) in [6.45, 7) is 3.75. The van der Waals surface area contributed by atoms with Gasteiger partial charge in [0.2, 0.25) is 0 Å². The molecule has 0 radical (unpaired) electrons. The van der Waals surface area contributed by atoms with Crippen molar-refractivity contribution in [2.45, 2.75) is 26.7 Å². The first-order valence-corrected chi connectivity index (χ1v) is 9.68. The minimum atomic E-state index is -0.489. The van der Waals surface area contributed by atoms with E-state index in [4.69, 9.17) is 0 Å². The number of aromatic nitrogens is 2. The molecule has 3 aromatic rings. The number of nitro groups is 1. The lowest BCUT2D eigenvalue weighted by Gasteiger charge is -2.02.